The average Bonchev–Trinajstić information content (AvgIpc) is 3.42. The van der Waals surface area contributed by atoms with Crippen molar-refractivity contribution >= 4 is 46.4 Å². The van der Waals surface area contributed by atoms with Crippen molar-refractivity contribution in [2.45, 2.75) is 35.9 Å². The summed E-state index contributed by atoms with van der Waals surface area (Å²) in [5.41, 5.74) is -3.02. The van der Waals surface area contributed by atoms with E-state index >= 15 is 0 Å². The Morgan fingerprint density at radius 3 is 2.48 bits per heavy atom. The Morgan fingerprint density at radius 1 is 1.19 bits per heavy atom. The molecule has 4 rings (SSSR count). The summed E-state index contributed by atoms with van der Waals surface area (Å²) < 4.78 is 42.8. The van der Waals surface area contributed by atoms with Gasteiger partial charge >= 0.3 is 6.18 Å². The normalized spacial score (nSPS) is 30.1. The first-order chi connectivity index (χ1) is 14.5. The Bertz CT molecular complexity index is 970. The summed E-state index contributed by atoms with van der Waals surface area (Å²) in [6.07, 6.45) is 2.92. The second-order valence-electron chi connectivity index (χ2n) is 7.93. The van der Waals surface area contributed by atoms with Gasteiger partial charge in [0.05, 0.1) is 5.71 Å². The molecule has 1 aliphatic heterocycles. The maximum atomic E-state index is 14.3. The molecule has 1 N–H and O–H groups in total. The van der Waals surface area contributed by atoms with Gasteiger partial charge in [-0.25, -0.2) is 0 Å². The van der Waals surface area contributed by atoms with Gasteiger partial charge in [0.1, 0.15) is 4.87 Å². The highest BCUT2D eigenvalue weighted by atomic mass is 35.5. The Kier molecular flexibility index (Phi) is 5.82. The summed E-state index contributed by atoms with van der Waals surface area (Å²) in [6.45, 7) is 0.167. The van der Waals surface area contributed by atoms with E-state index in [1.165, 1.54) is 6.07 Å². The number of halogens is 6. The van der Waals surface area contributed by atoms with Crippen LogP contribution < -0.4 is 5.32 Å². The highest BCUT2D eigenvalue weighted by Gasteiger charge is 2.64. The van der Waals surface area contributed by atoms with Crippen molar-refractivity contribution in [2.24, 2.45) is 17.0 Å². The van der Waals surface area contributed by atoms with Gasteiger partial charge in [-0.3, -0.25) is 4.79 Å². The largest absolute Gasteiger partial charge is 0.435 e. The van der Waals surface area contributed by atoms with Gasteiger partial charge in [0.15, 0.2) is 0 Å². The molecule has 0 spiro atoms. The van der Waals surface area contributed by atoms with Crippen LogP contribution in [-0.2, 0) is 15.2 Å². The highest BCUT2D eigenvalue weighted by Crippen LogP contribution is 2.52. The minimum absolute atomic E-state index is 0.00505. The number of hydrogen-bond donors (Lipinski definition) is 1. The lowest BCUT2D eigenvalue weighted by atomic mass is 9.78. The van der Waals surface area contributed by atoms with Gasteiger partial charge in [0.25, 0.3) is 5.60 Å². The van der Waals surface area contributed by atoms with E-state index in [0.29, 0.717) is 0 Å². The molecule has 3 aliphatic rings. The predicted molar refractivity (Wildman–Crippen MR) is 113 cm³/mol. The van der Waals surface area contributed by atoms with Gasteiger partial charge in [-0.05, 0) is 31.0 Å². The molecule has 0 aromatic heterocycles. The van der Waals surface area contributed by atoms with Crippen molar-refractivity contribution in [3.05, 3.63) is 58.1 Å². The third-order valence-electron chi connectivity index (χ3n) is 5.73. The molecular weight excluding hydrogens is 476 g/mol. The van der Waals surface area contributed by atoms with Crippen LogP contribution in [0.3, 0.4) is 0 Å². The van der Waals surface area contributed by atoms with Crippen molar-refractivity contribution in [3.8, 4) is 0 Å². The zero-order valence-corrected chi connectivity index (χ0v) is 18.3. The van der Waals surface area contributed by atoms with E-state index in [1.54, 1.807) is 24.3 Å². The van der Waals surface area contributed by atoms with E-state index in [9.17, 15) is 18.0 Å². The molecule has 1 fully saturated rings. The van der Waals surface area contributed by atoms with Crippen molar-refractivity contribution < 1.29 is 22.8 Å². The van der Waals surface area contributed by atoms with E-state index in [0.717, 1.165) is 25.0 Å². The predicted octanol–water partition coefficient (Wildman–Crippen LogP) is 5.77. The molecule has 3 atom stereocenters. The van der Waals surface area contributed by atoms with Crippen LogP contribution in [0.2, 0.25) is 10.0 Å². The molecule has 31 heavy (non-hydrogen) atoms. The number of carbonyl (C=O) groups excluding carboxylic acids is 1. The fourth-order valence-corrected chi connectivity index (χ4v) is 4.63. The molecule has 1 heterocycles. The van der Waals surface area contributed by atoms with Gasteiger partial charge < -0.3 is 10.2 Å². The molecule has 10 heteroatoms. The number of rotatable bonds is 5. The fourth-order valence-electron chi connectivity index (χ4n) is 3.78. The lowest BCUT2D eigenvalue weighted by Gasteiger charge is -2.34. The monoisotopic (exact) mass is 492 g/mol. The Morgan fingerprint density at radius 2 is 1.87 bits per heavy atom. The van der Waals surface area contributed by atoms with Crippen molar-refractivity contribution in [1.29, 1.82) is 0 Å². The average molecular weight is 494 g/mol. The number of nitrogens with zero attached hydrogens (tertiary/aromatic N) is 1. The van der Waals surface area contributed by atoms with Crippen LogP contribution in [0.15, 0.2) is 47.7 Å². The van der Waals surface area contributed by atoms with Crippen molar-refractivity contribution in [2.75, 3.05) is 6.54 Å². The van der Waals surface area contributed by atoms with Gasteiger partial charge in [0.2, 0.25) is 5.91 Å². The molecule has 1 aromatic rings. The third kappa shape index (κ3) is 4.20. The molecule has 4 nitrogen and oxygen atoms in total. The summed E-state index contributed by atoms with van der Waals surface area (Å²) in [5.74, 6) is -0.577. The van der Waals surface area contributed by atoms with Gasteiger partial charge in [-0.2, -0.15) is 13.2 Å². The third-order valence-corrected chi connectivity index (χ3v) is 6.80. The second-order valence-corrected chi connectivity index (χ2v) is 9.43. The topological polar surface area (TPSA) is 50.7 Å². The van der Waals surface area contributed by atoms with E-state index < -0.39 is 29.0 Å². The molecular formula is C21H18Cl3F3N2O2. The zero-order valence-electron chi connectivity index (χ0n) is 16.1. The van der Waals surface area contributed by atoms with E-state index in [2.05, 4.69) is 10.5 Å². The van der Waals surface area contributed by atoms with Gasteiger partial charge in [-0.1, -0.05) is 52.7 Å². The molecule has 2 aliphatic carbocycles. The zero-order chi connectivity index (χ0) is 22.4. The van der Waals surface area contributed by atoms with E-state index in [4.69, 9.17) is 39.6 Å². The van der Waals surface area contributed by atoms with Gasteiger partial charge in [0, 0.05) is 40.4 Å². The molecule has 3 unspecified atom stereocenters. The lowest BCUT2D eigenvalue weighted by molar-refractivity contribution is -0.275. The number of nitrogens with one attached hydrogen (secondary N) is 1. The molecule has 166 valence electrons. The molecule has 0 saturated heterocycles. The van der Waals surface area contributed by atoms with Crippen LogP contribution in [0.25, 0.3) is 0 Å². The number of carbonyl (C=O) groups is 1. The van der Waals surface area contributed by atoms with E-state index in [1.807, 2.05) is 0 Å². The Hall–Kier alpha value is -1.70. The van der Waals surface area contributed by atoms with Crippen LogP contribution in [0.1, 0.15) is 24.8 Å². The first-order valence-corrected chi connectivity index (χ1v) is 10.8. The number of hydrogen-bond acceptors (Lipinski definition) is 3. The number of benzene rings is 1. The van der Waals surface area contributed by atoms with Crippen molar-refractivity contribution in [1.82, 2.24) is 5.32 Å². The number of allylic oxidation sites excluding steroid dienone is 3. The summed E-state index contributed by atoms with van der Waals surface area (Å²) in [5, 5.41) is 6.71. The Labute approximate surface area is 192 Å². The molecule has 1 saturated carbocycles. The summed E-state index contributed by atoms with van der Waals surface area (Å²) >= 11 is 18.7. The standard InChI is InChI=1S/C21H18Cl3F3N2O2/c22-15-7-14(8-16(23)9-15)20(21(25,26)27)10-17(29-31-20)19(24)6-2-1-3-13(19)11-28-18(30)12-4-5-12/h1-3,6-9,12-13H,4-5,10-11H2,(H,28,30). The molecule has 0 bridgehead atoms. The quantitative estimate of drug-likeness (QED) is 0.529. The number of oxime groups is 1. The SMILES string of the molecule is O=C(NCC1C=CC=CC1(Cl)C1=NOC(c2cc(Cl)cc(Cl)c2)(C(F)(F)F)C1)C1CC1. The second kappa shape index (κ2) is 8.01. The number of amides is 1. The first kappa shape index (κ1) is 22.5. The fraction of sp³-hybridized carbons (Fsp3) is 0.429. The van der Waals surface area contributed by atoms with E-state index in [-0.39, 0.29) is 39.7 Å². The van der Waals surface area contributed by atoms with Gasteiger partial charge in [-0.15, -0.1) is 11.6 Å². The van der Waals surface area contributed by atoms with Crippen molar-refractivity contribution in [3.63, 3.8) is 0 Å². The Balaban J connectivity index is 1.62. The maximum absolute atomic E-state index is 14.3. The van der Waals surface area contributed by atoms with Crippen LogP contribution >= 0.6 is 34.8 Å². The summed E-state index contributed by atoms with van der Waals surface area (Å²) in [6, 6.07) is 3.65. The summed E-state index contributed by atoms with van der Waals surface area (Å²) in [7, 11) is 0. The highest BCUT2D eigenvalue weighted by molar-refractivity contribution is 6.38. The minimum atomic E-state index is -4.82. The number of alkyl halides is 4. The van der Waals surface area contributed by atoms with Crippen LogP contribution in [0.4, 0.5) is 13.2 Å². The van der Waals surface area contributed by atoms with Crippen LogP contribution in [0, 0.1) is 11.8 Å². The maximum Gasteiger partial charge on any atom is 0.435 e. The molecule has 1 aromatic carbocycles. The molecule has 0 radical (unpaired) electrons. The van der Waals surface area contributed by atoms with Crippen LogP contribution in [-0.4, -0.2) is 29.2 Å². The lowest BCUT2D eigenvalue weighted by Crippen LogP contribution is -2.48. The molecule has 1 amide bonds. The minimum Gasteiger partial charge on any atom is -0.374 e. The smallest absolute Gasteiger partial charge is 0.374 e. The van der Waals surface area contributed by atoms with Crippen LogP contribution in [0.5, 0.6) is 0 Å². The summed E-state index contributed by atoms with van der Waals surface area (Å²) in [4.78, 5) is 15.7. The first-order valence-electron chi connectivity index (χ1n) is 9.67.